The Morgan fingerprint density at radius 3 is 1.24 bits per heavy atom. The maximum Gasteiger partial charge on any atom is 0.306 e. The van der Waals surface area contributed by atoms with Gasteiger partial charge in [-0.1, -0.05) is 166 Å². The molecule has 0 heterocycles. The number of aliphatic hydroxyl groups is 1. The van der Waals surface area contributed by atoms with Crippen LogP contribution in [0.1, 0.15) is 213 Å². The average Bonchev–Trinajstić information content (AvgIpc) is 3.10. The molecule has 0 aromatic rings. The number of allylic oxidation sites excluding steroid dienone is 6. The molecule has 0 aromatic carbocycles. The Morgan fingerprint density at radius 1 is 0.469 bits per heavy atom. The van der Waals surface area contributed by atoms with Crippen LogP contribution in [-0.4, -0.2) is 36.4 Å². The van der Waals surface area contributed by atoms with E-state index in [9.17, 15) is 14.7 Å². The number of esters is 2. The van der Waals surface area contributed by atoms with Gasteiger partial charge in [-0.2, -0.15) is 0 Å². The molecule has 0 rings (SSSR count). The first kappa shape index (κ1) is 47.1. The normalized spacial score (nSPS) is 12.5. The van der Waals surface area contributed by atoms with Crippen molar-refractivity contribution in [2.24, 2.45) is 0 Å². The van der Waals surface area contributed by atoms with Crippen LogP contribution in [0.5, 0.6) is 0 Å². The van der Waals surface area contributed by atoms with Crippen LogP contribution in [0.3, 0.4) is 0 Å². The molecule has 0 radical (unpaired) electrons. The summed E-state index contributed by atoms with van der Waals surface area (Å²) in [4.78, 5) is 24.3. The molecule has 5 heteroatoms. The molecule has 0 spiro atoms. The summed E-state index contributed by atoms with van der Waals surface area (Å²) in [6.07, 6.45) is 49.2. The lowest BCUT2D eigenvalue weighted by Gasteiger charge is -2.15. The van der Waals surface area contributed by atoms with Crippen LogP contribution in [0.25, 0.3) is 0 Å². The van der Waals surface area contributed by atoms with E-state index in [2.05, 4.69) is 50.3 Å². The van der Waals surface area contributed by atoms with Crippen LogP contribution in [0.2, 0.25) is 0 Å². The van der Waals surface area contributed by atoms with Gasteiger partial charge in [0.1, 0.15) is 6.61 Å². The number of rotatable bonds is 38. The van der Waals surface area contributed by atoms with Crippen LogP contribution in [0.4, 0.5) is 0 Å². The van der Waals surface area contributed by atoms with E-state index in [1.165, 1.54) is 135 Å². The Morgan fingerprint density at radius 2 is 0.816 bits per heavy atom. The monoisotopic (exact) mass is 689 g/mol. The van der Waals surface area contributed by atoms with Crippen molar-refractivity contribution in [1.29, 1.82) is 0 Å². The molecule has 1 atom stereocenters. The van der Waals surface area contributed by atoms with E-state index >= 15 is 0 Å². The highest BCUT2D eigenvalue weighted by atomic mass is 16.6. The van der Waals surface area contributed by atoms with E-state index in [4.69, 9.17) is 9.47 Å². The fourth-order valence-electron chi connectivity index (χ4n) is 5.93. The van der Waals surface area contributed by atoms with Crippen molar-refractivity contribution in [2.45, 2.75) is 219 Å². The van der Waals surface area contributed by atoms with Gasteiger partial charge < -0.3 is 14.6 Å². The fraction of sp³-hybridized carbons (Fsp3) is 0.818. The summed E-state index contributed by atoms with van der Waals surface area (Å²) >= 11 is 0. The predicted molar refractivity (Wildman–Crippen MR) is 210 cm³/mol. The van der Waals surface area contributed by atoms with Crippen LogP contribution in [0, 0.1) is 0 Å². The zero-order valence-corrected chi connectivity index (χ0v) is 32.5. The predicted octanol–water partition coefficient (Wildman–Crippen LogP) is 13.2. The summed E-state index contributed by atoms with van der Waals surface area (Å²) in [5, 5.41) is 9.56. The zero-order valence-electron chi connectivity index (χ0n) is 32.5. The number of carbonyl (C=O) groups is 2. The smallest absolute Gasteiger partial charge is 0.306 e. The topological polar surface area (TPSA) is 72.8 Å². The highest BCUT2D eigenvalue weighted by molar-refractivity contribution is 5.70. The Labute approximate surface area is 304 Å². The highest BCUT2D eigenvalue weighted by Crippen LogP contribution is 2.14. The SMILES string of the molecule is CCCCCC/C=C\C/C=C\CCCCCCCC(=O)OC(CO)COC(=O)CCCCCCCCCCC/C=C\CCCCCCCC. The highest BCUT2D eigenvalue weighted by Gasteiger charge is 2.16. The number of carbonyl (C=O) groups excluding carboxylic acids is 2. The summed E-state index contributed by atoms with van der Waals surface area (Å²) in [6.45, 7) is 4.11. The molecular formula is C44H80O5. The van der Waals surface area contributed by atoms with Gasteiger partial charge in [0, 0.05) is 12.8 Å². The minimum atomic E-state index is -0.778. The Hall–Kier alpha value is -1.88. The van der Waals surface area contributed by atoms with Crippen molar-refractivity contribution in [3.63, 3.8) is 0 Å². The molecule has 0 fully saturated rings. The van der Waals surface area contributed by atoms with Crippen molar-refractivity contribution in [3.05, 3.63) is 36.5 Å². The molecule has 0 aliphatic rings. The van der Waals surface area contributed by atoms with Crippen LogP contribution >= 0.6 is 0 Å². The van der Waals surface area contributed by atoms with Gasteiger partial charge in [-0.05, 0) is 70.6 Å². The van der Waals surface area contributed by atoms with Crippen LogP contribution in [-0.2, 0) is 19.1 Å². The summed E-state index contributed by atoms with van der Waals surface area (Å²) in [6, 6.07) is 0. The molecule has 0 aliphatic heterocycles. The number of hydrogen-bond acceptors (Lipinski definition) is 5. The van der Waals surface area contributed by atoms with Crippen LogP contribution in [0.15, 0.2) is 36.5 Å². The van der Waals surface area contributed by atoms with Crippen molar-refractivity contribution in [1.82, 2.24) is 0 Å². The molecule has 0 aromatic heterocycles. The van der Waals surface area contributed by atoms with Gasteiger partial charge >= 0.3 is 11.9 Å². The van der Waals surface area contributed by atoms with Crippen LogP contribution < -0.4 is 0 Å². The molecule has 0 saturated carbocycles. The molecule has 5 nitrogen and oxygen atoms in total. The second-order valence-electron chi connectivity index (χ2n) is 14.1. The minimum absolute atomic E-state index is 0.0712. The first-order valence-corrected chi connectivity index (χ1v) is 21.0. The van der Waals surface area contributed by atoms with Gasteiger partial charge in [-0.25, -0.2) is 0 Å². The Balaban J connectivity index is 3.55. The van der Waals surface area contributed by atoms with Gasteiger partial charge in [0.15, 0.2) is 6.10 Å². The molecule has 286 valence electrons. The lowest BCUT2D eigenvalue weighted by molar-refractivity contribution is -0.161. The molecule has 0 aliphatic carbocycles. The molecule has 49 heavy (non-hydrogen) atoms. The molecule has 1 N–H and O–H groups in total. The van der Waals surface area contributed by atoms with E-state index in [1.807, 2.05) is 0 Å². The second-order valence-corrected chi connectivity index (χ2v) is 14.1. The third kappa shape index (κ3) is 38.8. The third-order valence-electron chi connectivity index (χ3n) is 9.16. The maximum absolute atomic E-state index is 12.2. The van der Waals surface area contributed by atoms with Gasteiger partial charge in [-0.15, -0.1) is 0 Å². The molecule has 0 amide bonds. The minimum Gasteiger partial charge on any atom is -0.462 e. The van der Waals surface area contributed by atoms with Gasteiger partial charge in [0.05, 0.1) is 6.61 Å². The number of hydrogen-bond donors (Lipinski definition) is 1. The van der Waals surface area contributed by atoms with Gasteiger partial charge in [0.25, 0.3) is 0 Å². The van der Waals surface area contributed by atoms with Crippen molar-refractivity contribution in [2.75, 3.05) is 13.2 Å². The zero-order chi connectivity index (χ0) is 35.7. The number of unbranched alkanes of at least 4 members (excludes halogenated alkanes) is 24. The second kappa shape index (κ2) is 40.5. The van der Waals surface area contributed by atoms with Gasteiger partial charge in [0.2, 0.25) is 0 Å². The van der Waals surface area contributed by atoms with E-state index in [-0.39, 0.29) is 25.2 Å². The lowest BCUT2D eigenvalue weighted by Crippen LogP contribution is -2.28. The molecule has 1 unspecified atom stereocenters. The number of aliphatic hydroxyl groups excluding tert-OH is 1. The van der Waals surface area contributed by atoms with Gasteiger partial charge in [-0.3, -0.25) is 9.59 Å². The van der Waals surface area contributed by atoms with Crippen molar-refractivity contribution < 1.29 is 24.2 Å². The van der Waals surface area contributed by atoms with E-state index < -0.39 is 6.10 Å². The first-order valence-electron chi connectivity index (χ1n) is 21.0. The fourth-order valence-corrected chi connectivity index (χ4v) is 5.93. The van der Waals surface area contributed by atoms with E-state index in [1.54, 1.807) is 0 Å². The first-order chi connectivity index (χ1) is 24.1. The largest absolute Gasteiger partial charge is 0.462 e. The summed E-state index contributed by atoms with van der Waals surface area (Å²) in [5.74, 6) is -0.605. The van der Waals surface area contributed by atoms with E-state index in [0.717, 1.165) is 51.4 Å². The van der Waals surface area contributed by atoms with Crippen molar-refractivity contribution >= 4 is 11.9 Å². The number of ether oxygens (including phenoxy) is 2. The standard InChI is InChI=1S/C44H80O5/c1-3-5-7-9-11-13-15-17-19-21-22-23-25-26-28-30-32-34-36-38-43(46)48-41-42(40-45)49-44(47)39-37-35-33-31-29-27-24-20-18-16-14-12-10-8-6-4-2/h14,16-17,19-20,24,42,45H,3-13,15,18,21-23,25-41H2,1-2H3/b16-14-,19-17-,24-20-. The Bertz CT molecular complexity index is 786. The summed E-state index contributed by atoms with van der Waals surface area (Å²) in [5.41, 5.74) is 0. The van der Waals surface area contributed by atoms with Crippen molar-refractivity contribution in [3.8, 4) is 0 Å². The summed E-state index contributed by atoms with van der Waals surface area (Å²) in [7, 11) is 0. The maximum atomic E-state index is 12.2. The third-order valence-corrected chi connectivity index (χ3v) is 9.16. The molecule has 0 saturated heterocycles. The summed E-state index contributed by atoms with van der Waals surface area (Å²) < 4.78 is 10.6. The Kier molecular flexibility index (Phi) is 39.0. The van der Waals surface area contributed by atoms with E-state index in [0.29, 0.717) is 12.8 Å². The average molecular weight is 689 g/mol. The molecule has 0 bridgehead atoms. The molecular weight excluding hydrogens is 608 g/mol. The quantitative estimate of drug-likeness (QED) is 0.0397. The lowest BCUT2D eigenvalue weighted by atomic mass is 10.1.